The fourth-order valence-corrected chi connectivity index (χ4v) is 2.99. The molecule has 0 saturated carbocycles. The van der Waals surface area contributed by atoms with Gasteiger partial charge in [-0.2, -0.15) is 4.98 Å². The van der Waals surface area contributed by atoms with Crippen LogP contribution in [-0.2, 0) is 19.6 Å². The molecule has 0 spiro atoms. The van der Waals surface area contributed by atoms with Gasteiger partial charge >= 0.3 is 0 Å². The highest BCUT2D eigenvalue weighted by Crippen LogP contribution is 2.24. The van der Waals surface area contributed by atoms with Crippen molar-refractivity contribution >= 4 is 5.95 Å². The summed E-state index contributed by atoms with van der Waals surface area (Å²) in [5.74, 6) is 1.01. The van der Waals surface area contributed by atoms with Gasteiger partial charge in [0.1, 0.15) is 12.4 Å². The number of anilines is 1. The zero-order valence-electron chi connectivity index (χ0n) is 13.7. The van der Waals surface area contributed by atoms with Crippen LogP contribution in [0.25, 0.3) is 0 Å². The zero-order chi connectivity index (χ0) is 17.1. The molecule has 2 aromatic carbocycles. The van der Waals surface area contributed by atoms with Gasteiger partial charge in [0.05, 0.1) is 0 Å². The van der Waals surface area contributed by atoms with Crippen molar-refractivity contribution in [1.29, 1.82) is 0 Å². The van der Waals surface area contributed by atoms with E-state index in [9.17, 15) is 4.39 Å². The number of rotatable bonds is 4. The standard InChI is InChI=1S/C20H18FN3O/c21-18-7-6-17-13-24(11-9-16(17)12-18)20-22-10-8-19(23-20)25-14-15-4-2-1-3-5-15/h1-8,10,12H,9,11,13-14H2. The Kier molecular flexibility index (Phi) is 4.29. The number of halogens is 1. The van der Waals surface area contributed by atoms with Crippen LogP contribution in [0, 0.1) is 5.82 Å². The van der Waals surface area contributed by atoms with E-state index in [2.05, 4.69) is 14.9 Å². The van der Waals surface area contributed by atoms with E-state index in [-0.39, 0.29) is 5.82 Å². The van der Waals surface area contributed by atoms with E-state index in [4.69, 9.17) is 4.74 Å². The first kappa shape index (κ1) is 15.6. The maximum absolute atomic E-state index is 13.3. The molecule has 25 heavy (non-hydrogen) atoms. The molecule has 3 aromatic rings. The van der Waals surface area contributed by atoms with Crippen LogP contribution in [-0.4, -0.2) is 16.5 Å². The summed E-state index contributed by atoms with van der Waals surface area (Å²) in [6.45, 7) is 1.91. The van der Waals surface area contributed by atoms with Gasteiger partial charge < -0.3 is 9.64 Å². The lowest BCUT2D eigenvalue weighted by Gasteiger charge is -2.28. The van der Waals surface area contributed by atoms with E-state index in [0.717, 1.165) is 29.7 Å². The van der Waals surface area contributed by atoms with Crippen molar-refractivity contribution in [1.82, 2.24) is 9.97 Å². The maximum Gasteiger partial charge on any atom is 0.228 e. The molecule has 0 saturated heterocycles. The van der Waals surface area contributed by atoms with Gasteiger partial charge in [-0.05, 0) is 35.2 Å². The van der Waals surface area contributed by atoms with Crippen molar-refractivity contribution in [2.45, 2.75) is 19.6 Å². The molecule has 0 radical (unpaired) electrons. The highest BCUT2D eigenvalue weighted by molar-refractivity contribution is 5.40. The fourth-order valence-electron chi connectivity index (χ4n) is 2.99. The molecule has 1 aliphatic rings. The Morgan fingerprint density at radius 3 is 2.80 bits per heavy atom. The van der Waals surface area contributed by atoms with E-state index in [1.54, 1.807) is 18.3 Å². The van der Waals surface area contributed by atoms with E-state index in [1.807, 2.05) is 36.4 Å². The average Bonchev–Trinajstić information content (AvgIpc) is 2.67. The highest BCUT2D eigenvalue weighted by Gasteiger charge is 2.19. The van der Waals surface area contributed by atoms with Crippen molar-refractivity contribution in [2.75, 3.05) is 11.4 Å². The monoisotopic (exact) mass is 335 g/mol. The molecule has 126 valence electrons. The summed E-state index contributed by atoms with van der Waals surface area (Å²) in [4.78, 5) is 11.0. The van der Waals surface area contributed by atoms with Gasteiger partial charge in [-0.3, -0.25) is 0 Å². The Bertz CT molecular complexity index is 870. The lowest BCUT2D eigenvalue weighted by Crippen LogP contribution is -2.31. The number of fused-ring (bicyclic) bond motifs is 1. The average molecular weight is 335 g/mol. The number of aromatic nitrogens is 2. The maximum atomic E-state index is 13.3. The molecular weight excluding hydrogens is 317 g/mol. The summed E-state index contributed by atoms with van der Waals surface area (Å²) in [6, 6.07) is 16.7. The van der Waals surface area contributed by atoms with E-state index >= 15 is 0 Å². The van der Waals surface area contributed by atoms with E-state index < -0.39 is 0 Å². The molecule has 0 amide bonds. The molecular formula is C20H18FN3O. The minimum atomic E-state index is -0.181. The second kappa shape index (κ2) is 6.89. The molecule has 0 fully saturated rings. The topological polar surface area (TPSA) is 38.2 Å². The second-order valence-corrected chi connectivity index (χ2v) is 6.05. The van der Waals surface area contributed by atoms with Crippen molar-refractivity contribution in [3.63, 3.8) is 0 Å². The number of hydrogen-bond donors (Lipinski definition) is 0. The lowest BCUT2D eigenvalue weighted by molar-refractivity contribution is 0.293. The zero-order valence-corrected chi connectivity index (χ0v) is 13.7. The number of benzene rings is 2. The Hall–Kier alpha value is -2.95. The highest BCUT2D eigenvalue weighted by atomic mass is 19.1. The first-order valence-corrected chi connectivity index (χ1v) is 8.30. The third kappa shape index (κ3) is 3.60. The first-order valence-electron chi connectivity index (χ1n) is 8.30. The van der Waals surface area contributed by atoms with Gasteiger partial charge in [0.25, 0.3) is 0 Å². The van der Waals surface area contributed by atoms with Crippen LogP contribution in [0.1, 0.15) is 16.7 Å². The summed E-state index contributed by atoms with van der Waals surface area (Å²) < 4.78 is 19.1. The van der Waals surface area contributed by atoms with Gasteiger partial charge in [-0.15, -0.1) is 0 Å². The molecule has 4 rings (SSSR count). The van der Waals surface area contributed by atoms with Gasteiger partial charge in [0.2, 0.25) is 11.8 Å². The molecule has 4 nitrogen and oxygen atoms in total. The number of ether oxygens (including phenoxy) is 1. The molecule has 0 unspecified atom stereocenters. The summed E-state index contributed by atoms with van der Waals surface area (Å²) >= 11 is 0. The lowest BCUT2D eigenvalue weighted by atomic mass is 10.00. The van der Waals surface area contributed by atoms with E-state index in [0.29, 0.717) is 25.0 Å². The molecule has 5 heteroatoms. The molecule has 0 aliphatic carbocycles. The molecule has 2 heterocycles. The summed E-state index contributed by atoms with van der Waals surface area (Å²) in [5, 5.41) is 0. The largest absolute Gasteiger partial charge is 0.473 e. The minimum Gasteiger partial charge on any atom is -0.473 e. The van der Waals surface area contributed by atoms with E-state index in [1.165, 1.54) is 6.07 Å². The van der Waals surface area contributed by atoms with Crippen LogP contribution in [0.5, 0.6) is 5.88 Å². The number of nitrogens with zero attached hydrogens (tertiary/aromatic N) is 3. The molecule has 0 bridgehead atoms. The van der Waals surface area contributed by atoms with Crippen molar-refractivity contribution in [3.8, 4) is 5.88 Å². The number of hydrogen-bond acceptors (Lipinski definition) is 4. The SMILES string of the molecule is Fc1ccc2c(c1)CCN(c1nccc(OCc3ccccc3)n1)C2. The second-order valence-electron chi connectivity index (χ2n) is 6.05. The Labute approximate surface area is 145 Å². The third-order valence-corrected chi connectivity index (χ3v) is 4.31. The van der Waals surface area contributed by atoms with Crippen LogP contribution >= 0.6 is 0 Å². The Balaban J connectivity index is 1.47. The van der Waals surface area contributed by atoms with Crippen LogP contribution in [0.2, 0.25) is 0 Å². The van der Waals surface area contributed by atoms with Gasteiger partial charge in [0.15, 0.2) is 0 Å². The smallest absolute Gasteiger partial charge is 0.228 e. The van der Waals surface area contributed by atoms with Crippen LogP contribution < -0.4 is 9.64 Å². The molecule has 1 aliphatic heterocycles. The normalized spacial score (nSPS) is 13.4. The fraction of sp³-hybridized carbons (Fsp3) is 0.200. The third-order valence-electron chi connectivity index (χ3n) is 4.31. The molecule has 1 aromatic heterocycles. The Morgan fingerprint density at radius 2 is 1.92 bits per heavy atom. The van der Waals surface area contributed by atoms with Crippen molar-refractivity contribution < 1.29 is 9.13 Å². The molecule has 0 atom stereocenters. The van der Waals surface area contributed by atoms with Crippen molar-refractivity contribution in [3.05, 3.63) is 83.3 Å². The predicted molar refractivity (Wildman–Crippen MR) is 94.0 cm³/mol. The minimum absolute atomic E-state index is 0.181. The first-order chi connectivity index (χ1) is 12.3. The van der Waals surface area contributed by atoms with Crippen molar-refractivity contribution in [2.24, 2.45) is 0 Å². The Morgan fingerprint density at radius 1 is 1.04 bits per heavy atom. The quantitative estimate of drug-likeness (QED) is 0.728. The van der Waals surface area contributed by atoms with Crippen LogP contribution in [0.4, 0.5) is 10.3 Å². The van der Waals surface area contributed by atoms with Gasteiger partial charge in [-0.1, -0.05) is 36.4 Å². The summed E-state index contributed by atoms with van der Waals surface area (Å²) in [5.41, 5.74) is 3.27. The molecule has 0 N–H and O–H groups in total. The van der Waals surface area contributed by atoms with Crippen LogP contribution in [0.15, 0.2) is 60.8 Å². The summed E-state index contributed by atoms with van der Waals surface area (Å²) in [7, 11) is 0. The summed E-state index contributed by atoms with van der Waals surface area (Å²) in [6.07, 6.45) is 2.49. The van der Waals surface area contributed by atoms with Crippen LogP contribution in [0.3, 0.4) is 0 Å². The predicted octanol–water partition coefficient (Wildman–Crippen LogP) is 3.76. The van der Waals surface area contributed by atoms with Gasteiger partial charge in [0, 0.05) is 25.4 Å². The van der Waals surface area contributed by atoms with Gasteiger partial charge in [-0.25, -0.2) is 9.37 Å².